The largest absolute Gasteiger partial charge is 0.334 e. The second-order valence-corrected chi connectivity index (χ2v) is 16.0. The summed E-state index contributed by atoms with van der Waals surface area (Å²) in [6.07, 6.45) is 8.86. The average molecular weight is 741 g/mol. The normalized spacial score (nSPS) is 12.0. The number of hydrogen-bond acceptors (Lipinski definition) is 10. The Morgan fingerprint density at radius 1 is 0.686 bits per heavy atom. The molecule has 0 bridgehead atoms. The SMILES string of the molecule is CN(c1cc2c(cn1)ncn2C)c1ccc(CN(C)S(C)(=O)=O)cc1F.CN(c1cc2c(cn1)ncn2C)c1ccc(CNS(C)(=O)=O)cc1F. The molecule has 4 heterocycles. The Morgan fingerprint density at radius 2 is 1.14 bits per heavy atom. The van der Waals surface area contributed by atoms with Gasteiger partial charge in [-0.15, -0.1) is 0 Å². The van der Waals surface area contributed by atoms with E-state index in [-0.39, 0.29) is 13.1 Å². The van der Waals surface area contributed by atoms with Crippen LogP contribution in [-0.2, 0) is 47.2 Å². The van der Waals surface area contributed by atoms with Crippen LogP contribution >= 0.6 is 0 Å². The number of fused-ring (bicyclic) bond motifs is 2. The molecule has 0 aliphatic heterocycles. The number of anilines is 4. The minimum Gasteiger partial charge on any atom is -0.334 e. The summed E-state index contributed by atoms with van der Waals surface area (Å²) < 4.78 is 81.6. The minimum atomic E-state index is -3.33. The molecule has 51 heavy (non-hydrogen) atoms. The van der Waals surface area contributed by atoms with E-state index in [0.29, 0.717) is 34.1 Å². The molecule has 18 heteroatoms. The van der Waals surface area contributed by atoms with E-state index in [9.17, 15) is 25.6 Å². The maximum atomic E-state index is 14.6. The highest BCUT2D eigenvalue weighted by Gasteiger charge is 2.17. The van der Waals surface area contributed by atoms with Crippen LogP contribution in [0.25, 0.3) is 22.1 Å². The third kappa shape index (κ3) is 8.83. The number of rotatable bonds is 10. The van der Waals surface area contributed by atoms with Crippen LogP contribution in [0.3, 0.4) is 0 Å². The Bertz CT molecular complexity index is 2440. The first kappa shape index (κ1) is 37.2. The van der Waals surface area contributed by atoms with Crippen LogP contribution in [0.2, 0.25) is 0 Å². The van der Waals surface area contributed by atoms with Crippen molar-refractivity contribution >= 4 is 65.1 Å². The minimum absolute atomic E-state index is 0.0407. The van der Waals surface area contributed by atoms with Crippen LogP contribution in [0.4, 0.5) is 31.8 Å². The lowest BCUT2D eigenvalue weighted by Crippen LogP contribution is -2.25. The molecule has 0 fully saturated rings. The molecule has 0 spiro atoms. The summed E-state index contributed by atoms with van der Waals surface area (Å²) in [6, 6.07) is 12.9. The maximum absolute atomic E-state index is 14.6. The average Bonchev–Trinajstić information content (AvgIpc) is 3.63. The van der Waals surface area contributed by atoms with Gasteiger partial charge >= 0.3 is 0 Å². The molecule has 270 valence electrons. The molecular formula is C33H38F2N10O4S2. The number of halogens is 2. The van der Waals surface area contributed by atoms with Gasteiger partial charge in [0.2, 0.25) is 20.0 Å². The van der Waals surface area contributed by atoms with E-state index >= 15 is 0 Å². The first-order valence-corrected chi connectivity index (χ1v) is 19.1. The van der Waals surface area contributed by atoms with Crippen LogP contribution in [-0.4, -0.2) is 83.9 Å². The van der Waals surface area contributed by atoms with E-state index in [4.69, 9.17) is 0 Å². The zero-order chi connectivity index (χ0) is 37.2. The second kappa shape index (κ2) is 14.7. The Morgan fingerprint density at radius 3 is 1.57 bits per heavy atom. The summed E-state index contributed by atoms with van der Waals surface area (Å²) in [5.74, 6) is 0.263. The molecule has 4 aromatic heterocycles. The number of aryl methyl sites for hydroxylation is 2. The monoisotopic (exact) mass is 740 g/mol. The summed E-state index contributed by atoms with van der Waals surface area (Å²) in [7, 11) is 2.02. The van der Waals surface area contributed by atoms with Crippen LogP contribution < -0.4 is 14.5 Å². The Hall–Kier alpha value is -5.04. The fraction of sp³-hybridized carbons (Fsp3) is 0.273. The van der Waals surface area contributed by atoms with Crippen LogP contribution in [0, 0.1) is 11.6 Å². The second-order valence-electron chi connectivity index (χ2n) is 12.1. The first-order chi connectivity index (χ1) is 23.9. The Labute approximate surface area is 295 Å². The van der Waals surface area contributed by atoms with Crippen molar-refractivity contribution in [3.8, 4) is 0 Å². The zero-order valence-corrected chi connectivity index (χ0v) is 30.7. The highest BCUT2D eigenvalue weighted by molar-refractivity contribution is 7.88. The van der Waals surface area contributed by atoms with Gasteiger partial charge in [0.1, 0.15) is 34.3 Å². The van der Waals surface area contributed by atoms with Gasteiger partial charge in [-0.25, -0.2) is 54.6 Å². The van der Waals surface area contributed by atoms with E-state index in [1.54, 1.807) is 73.2 Å². The van der Waals surface area contributed by atoms with Crippen LogP contribution in [0.5, 0.6) is 0 Å². The first-order valence-electron chi connectivity index (χ1n) is 15.4. The van der Waals surface area contributed by atoms with Gasteiger partial charge in [-0.2, -0.15) is 0 Å². The van der Waals surface area contributed by atoms with Gasteiger partial charge in [-0.3, -0.25) is 0 Å². The highest BCUT2D eigenvalue weighted by atomic mass is 32.2. The van der Waals surface area contributed by atoms with Crippen LogP contribution in [0.15, 0.2) is 73.6 Å². The standard InChI is InChI=1S/C17H20FN5O2S.C16H18FN5O2S/c1-21-11-20-14-9-19-17(8-16(14)21)23(3)15-6-5-12(7-13(15)18)10-22(2)26(4,24)25;1-21-10-19-13-9-18-16(7-15(13)21)22(2)14-5-4-11(6-12(14)17)8-20-25(3,23)24/h5-9,11H,10H2,1-4H3;4-7,9-10,20H,8H2,1-3H3. The Kier molecular flexibility index (Phi) is 10.7. The number of pyridine rings is 2. The number of aromatic nitrogens is 6. The molecule has 14 nitrogen and oxygen atoms in total. The molecule has 1 N–H and O–H groups in total. The maximum Gasteiger partial charge on any atom is 0.211 e. The highest BCUT2D eigenvalue weighted by Crippen LogP contribution is 2.29. The van der Waals surface area contributed by atoms with Gasteiger partial charge < -0.3 is 18.9 Å². The molecule has 0 radical (unpaired) electrons. The van der Waals surface area contributed by atoms with Crippen molar-refractivity contribution in [2.45, 2.75) is 13.1 Å². The third-order valence-corrected chi connectivity index (χ3v) is 10.1. The van der Waals surface area contributed by atoms with Crippen molar-refractivity contribution in [1.29, 1.82) is 0 Å². The van der Waals surface area contributed by atoms with Crippen molar-refractivity contribution in [2.75, 3.05) is 43.5 Å². The molecule has 0 saturated carbocycles. The molecule has 6 rings (SSSR count). The fourth-order valence-corrected chi connectivity index (χ4v) is 5.91. The molecule has 0 saturated heterocycles. The van der Waals surface area contributed by atoms with Crippen molar-refractivity contribution in [3.05, 3.63) is 96.3 Å². The van der Waals surface area contributed by atoms with Gasteiger partial charge in [-0.05, 0) is 35.4 Å². The lowest BCUT2D eigenvalue weighted by Gasteiger charge is -2.20. The number of nitrogens with one attached hydrogen (secondary N) is 1. The van der Waals surface area contributed by atoms with E-state index in [2.05, 4.69) is 24.7 Å². The van der Waals surface area contributed by atoms with E-state index in [1.165, 1.54) is 23.5 Å². The van der Waals surface area contributed by atoms with Crippen molar-refractivity contribution in [1.82, 2.24) is 38.1 Å². The molecule has 0 aliphatic rings. The lowest BCUT2D eigenvalue weighted by molar-refractivity contribution is 0.471. The fourth-order valence-electron chi connectivity index (χ4n) is 5.10. The van der Waals surface area contributed by atoms with Gasteiger partial charge in [0.25, 0.3) is 0 Å². The zero-order valence-electron chi connectivity index (χ0n) is 29.1. The van der Waals surface area contributed by atoms with Crippen LogP contribution in [0.1, 0.15) is 11.1 Å². The molecule has 0 atom stereocenters. The smallest absolute Gasteiger partial charge is 0.211 e. The van der Waals surface area contributed by atoms with Gasteiger partial charge in [0.15, 0.2) is 0 Å². The molecule has 0 unspecified atom stereocenters. The number of benzene rings is 2. The lowest BCUT2D eigenvalue weighted by atomic mass is 10.2. The van der Waals surface area contributed by atoms with Crippen molar-refractivity contribution in [3.63, 3.8) is 0 Å². The molecule has 2 aromatic carbocycles. The van der Waals surface area contributed by atoms with Gasteiger partial charge in [0.05, 0.1) is 60.0 Å². The number of imidazole rings is 2. The number of nitrogens with zero attached hydrogens (tertiary/aromatic N) is 9. The Balaban J connectivity index is 0.000000198. The molecular weight excluding hydrogens is 703 g/mol. The number of hydrogen-bond donors (Lipinski definition) is 1. The van der Waals surface area contributed by atoms with E-state index < -0.39 is 31.7 Å². The van der Waals surface area contributed by atoms with Gasteiger partial charge in [0, 0.05) is 60.5 Å². The van der Waals surface area contributed by atoms with Gasteiger partial charge in [-0.1, -0.05) is 12.1 Å². The molecule has 6 aromatic rings. The topological polar surface area (TPSA) is 151 Å². The molecule has 0 amide bonds. The van der Waals surface area contributed by atoms with E-state index in [1.807, 2.05) is 35.4 Å². The predicted octanol–water partition coefficient (Wildman–Crippen LogP) is 4.19. The summed E-state index contributed by atoms with van der Waals surface area (Å²) in [5, 5.41) is 0. The summed E-state index contributed by atoms with van der Waals surface area (Å²) in [4.78, 5) is 20.4. The molecule has 0 aliphatic carbocycles. The third-order valence-electron chi connectivity index (χ3n) is 8.14. The summed E-state index contributed by atoms with van der Waals surface area (Å²) in [5.41, 5.74) is 5.13. The summed E-state index contributed by atoms with van der Waals surface area (Å²) in [6.45, 7) is 0.151. The predicted molar refractivity (Wildman–Crippen MR) is 194 cm³/mol. The van der Waals surface area contributed by atoms with Crippen molar-refractivity contribution < 1.29 is 25.6 Å². The van der Waals surface area contributed by atoms with E-state index in [0.717, 1.165) is 34.6 Å². The quantitative estimate of drug-likeness (QED) is 0.217. The number of sulfonamides is 2. The van der Waals surface area contributed by atoms with Crippen molar-refractivity contribution in [2.24, 2.45) is 14.1 Å². The summed E-state index contributed by atoms with van der Waals surface area (Å²) >= 11 is 0.